The van der Waals surface area contributed by atoms with Crippen LogP contribution in [0.2, 0.25) is 0 Å². The summed E-state index contributed by atoms with van der Waals surface area (Å²) in [6.45, 7) is 10.4. The number of aryl methyl sites for hydroxylation is 1. The molecule has 2 aromatic carbocycles. The van der Waals surface area contributed by atoms with E-state index in [-0.39, 0.29) is 13.1 Å². The minimum atomic E-state index is -1.62. The molecular weight excluding hydrogens is 520 g/mol. The van der Waals surface area contributed by atoms with Gasteiger partial charge in [0.25, 0.3) is 0 Å². The van der Waals surface area contributed by atoms with Gasteiger partial charge in [-0.05, 0) is 71.4 Å². The summed E-state index contributed by atoms with van der Waals surface area (Å²) in [6, 6.07) is 11.9. The second-order valence-corrected chi connectivity index (χ2v) is 11.0. The maximum Gasteiger partial charge on any atom is 0.350 e. The lowest BCUT2D eigenvalue weighted by atomic mass is 10.1. The van der Waals surface area contributed by atoms with Gasteiger partial charge in [0.1, 0.15) is 17.6 Å². The lowest BCUT2D eigenvalue weighted by Crippen LogP contribution is -2.43. The Balaban J connectivity index is 1.55. The number of esters is 1. The van der Waals surface area contributed by atoms with E-state index in [0.29, 0.717) is 35.3 Å². The van der Waals surface area contributed by atoms with Crippen LogP contribution in [0.4, 0.5) is 8.78 Å². The first kappa shape index (κ1) is 28.9. The van der Waals surface area contributed by atoms with E-state index in [0.717, 1.165) is 5.56 Å². The highest BCUT2D eigenvalue weighted by atomic mass is 19.1. The van der Waals surface area contributed by atoms with E-state index in [2.05, 4.69) is 9.97 Å². The number of carbonyl (C=O) groups is 1. The third-order valence-corrected chi connectivity index (χ3v) is 5.84. The molecule has 0 aliphatic carbocycles. The van der Waals surface area contributed by atoms with Crippen molar-refractivity contribution < 1.29 is 31.9 Å². The maximum absolute atomic E-state index is 15.2. The van der Waals surface area contributed by atoms with E-state index < -0.39 is 34.6 Å². The van der Waals surface area contributed by atoms with Crippen LogP contribution >= 0.6 is 0 Å². The number of rotatable bonds is 10. The van der Waals surface area contributed by atoms with Crippen molar-refractivity contribution in [2.75, 3.05) is 0 Å². The molecule has 2 heterocycles. The van der Waals surface area contributed by atoms with Crippen molar-refractivity contribution in [3.63, 3.8) is 0 Å². The third-order valence-electron chi connectivity index (χ3n) is 5.84. The summed E-state index contributed by atoms with van der Waals surface area (Å²) >= 11 is 0. The van der Waals surface area contributed by atoms with Crippen LogP contribution in [-0.2, 0) is 29.2 Å². The monoisotopic (exact) mass is 553 g/mol. The summed E-state index contributed by atoms with van der Waals surface area (Å²) in [5.41, 5.74) is -0.548. The standard InChI is InChI=1S/C30H33F2N3O5/c1-19-24(34-27(38-19)21-10-8-7-9-11-21)17-35(18-25-33-12-13-37-25)16-20-14-22(31)26(23(32)15-20)39-30(5,6)28(36)40-29(2,3)4/h7-15H,16-18H2,1-6H3. The summed E-state index contributed by atoms with van der Waals surface area (Å²) in [5.74, 6) is -1.73. The van der Waals surface area contributed by atoms with E-state index in [1.165, 1.54) is 38.4 Å². The number of halogens is 2. The fourth-order valence-corrected chi connectivity index (χ4v) is 3.94. The summed E-state index contributed by atoms with van der Waals surface area (Å²) in [4.78, 5) is 23.2. The van der Waals surface area contributed by atoms with Crippen molar-refractivity contribution in [3.05, 3.63) is 89.5 Å². The highest BCUT2D eigenvalue weighted by Gasteiger charge is 2.36. The molecule has 0 saturated heterocycles. The Hall–Kier alpha value is -4.05. The van der Waals surface area contributed by atoms with Crippen molar-refractivity contribution in [1.82, 2.24) is 14.9 Å². The van der Waals surface area contributed by atoms with E-state index >= 15 is 8.78 Å². The van der Waals surface area contributed by atoms with E-state index in [9.17, 15) is 4.79 Å². The van der Waals surface area contributed by atoms with Crippen LogP contribution in [0.3, 0.4) is 0 Å². The fourth-order valence-electron chi connectivity index (χ4n) is 3.94. The van der Waals surface area contributed by atoms with Crippen molar-refractivity contribution in [2.45, 2.75) is 72.4 Å². The average molecular weight is 554 g/mol. The highest BCUT2D eigenvalue weighted by Crippen LogP contribution is 2.30. The first-order valence-corrected chi connectivity index (χ1v) is 12.8. The normalized spacial score (nSPS) is 12.1. The largest absolute Gasteiger partial charge is 0.470 e. The number of nitrogens with zero attached hydrogens (tertiary/aromatic N) is 3. The molecule has 0 aliphatic rings. The van der Waals surface area contributed by atoms with Gasteiger partial charge in [-0.2, -0.15) is 0 Å². The molecule has 0 aliphatic heterocycles. The van der Waals surface area contributed by atoms with Crippen LogP contribution in [0.15, 0.2) is 63.8 Å². The number of aromatic nitrogens is 2. The Morgan fingerprint density at radius 3 is 2.27 bits per heavy atom. The second-order valence-electron chi connectivity index (χ2n) is 11.0. The van der Waals surface area contributed by atoms with Gasteiger partial charge in [-0.3, -0.25) is 4.90 Å². The molecule has 8 nitrogen and oxygen atoms in total. The molecular formula is C30H33F2N3O5. The molecule has 0 unspecified atom stereocenters. The molecule has 0 radical (unpaired) electrons. The predicted octanol–water partition coefficient (Wildman–Crippen LogP) is 6.62. The van der Waals surface area contributed by atoms with Gasteiger partial charge in [0, 0.05) is 18.7 Å². The molecule has 212 valence electrons. The molecule has 0 bridgehead atoms. The second kappa shape index (κ2) is 11.6. The molecule has 0 saturated carbocycles. The number of carbonyl (C=O) groups excluding carboxylic acids is 1. The Kier molecular flexibility index (Phi) is 8.39. The Bertz CT molecular complexity index is 1420. The zero-order chi connectivity index (χ0) is 29.1. The maximum atomic E-state index is 15.2. The fraction of sp³-hybridized carbons (Fsp3) is 0.367. The summed E-state index contributed by atoms with van der Waals surface area (Å²) in [5, 5.41) is 0. The Morgan fingerprint density at radius 1 is 1.00 bits per heavy atom. The van der Waals surface area contributed by atoms with Crippen LogP contribution in [0.25, 0.3) is 11.5 Å². The number of benzene rings is 2. The van der Waals surface area contributed by atoms with Gasteiger partial charge in [-0.1, -0.05) is 18.2 Å². The van der Waals surface area contributed by atoms with Gasteiger partial charge < -0.3 is 18.3 Å². The van der Waals surface area contributed by atoms with E-state index in [1.807, 2.05) is 42.2 Å². The van der Waals surface area contributed by atoms with Gasteiger partial charge in [0.05, 0.1) is 18.4 Å². The smallest absolute Gasteiger partial charge is 0.350 e. The molecule has 40 heavy (non-hydrogen) atoms. The number of oxazole rings is 2. The molecule has 4 aromatic rings. The van der Waals surface area contributed by atoms with Gasteiger partial charge in [0.15, 0.2) is 17.4 Å². The van der Waals surface area contributed by atoms with Gasteiger partial charge in [0.2, 0.25) is 17.4 Å². The van der Waals surface area contributed by atoms with Crippen molar-refractivity contribution in [2.24, 2.45) is 0 Å². The highest BCUT2D eigenvalue weighted by molar-refractivity contribution is 5.79. The van der Waals surface area contributed by atoms with Crippen molar-refractivity contribution in [3.8, 4) is 17.2 Å². The predicted molar refractivity (Wildman–Crippen MR) is 143 cm³/mol. The molecule has 0 amide bonds. The van der Waals surface area contributed by atoms with E-state index in [4.69, 9.17) is 18.3 Å². The summed E-state index contributed by atoms with van der Waals surface area (Å²) in [7, 11) is 0. The molecule has 0 spiro atoms. The van der Waals surface area contributed by atoms with Crippen LogP contribution in [0.1, 0.15) is 57.5 Å². The minimum Gasteiger partial charge on any atom is -0.470 e. The first-order chi connectivity index (χ1) is 18.8. The summed E-state index contributed by atoms with van der Waals surface area (Å²) < 4.78 is 52.4. The SMILES string of the molecule is Cc1oc(-c2ccccc2)nc1CN(Cc1cc(F)c(OC(C)(C)C(=O)OC(C)(C)C)c(F)c1)Cc1ncco1. The molecule has 10 heteroatoms. The lowest BCUT2D eigenvalue weighted by molar-refractivity contribution is -0.171. The molecule has 0 fully saturated rings. The first-order valence-electron chi connectivity index (χ1n) is 12.8. The van der Waals surface area contributed by atoms with Crippen molar-refractivity contribution >= 4 is 5.97 Å². The molecule has 0 atom stereocenters. The van der Waals surface area contributed by atoms with Crippen molar-refractivity contribution in [1.29, 1.82) is 0 Å². The van der Waals surface area contributed by atoms with Crippen LogP contribution in [0, 0.1) is 18.6 Å². The quantitative estimate of drug-likeness (QED) is 0.203. The number of hydrogen-bond donors (Lipinski definition) is 0. The zero-order valence-corrected chi connectivity index (χ0v) is 23.5. The van der Waals surface area contributed by atoms with Gasteiger partial charge in [-0.15, -0.1) is 0 Å². The van der Waals surface area contributed by atoms with Gasteiger partial charge >= 0.3 is 5.97 Å². The molecule has 4 rings (SSSR count). The van der Waals surface area contributed by atoms with Crippen LogP contribution in [-0.4, -0.2) is 32.0 Å². The zero-order valence-electron chi connectivity index (χ0n) is 23.5. The number of ether oxygens (including phenoxy) is 2. The Labute approximate surface area is 231 Å². The lowest BCUT2D eigenvalue weighted by Gasteiger charge is -2.29. The van der Waals surface area contributed by atoms with Crippen LogP contribution in [0.5, 0.6) is 5.75 Å². The Morgan fingerprint density at radius 2 is 1.68 bits per heavy atom. The molecule has 2 aromatic heterocycles. The number of hydrogen-bond acceptors (Lipinski definition) is 8. The average Bonchev–Trinajstić information content (AvgIpc) is 3.51. The summed E-state index contributed by atoms with van der Waals surface area (Å²) in [6.07, 6.45) is 2.99. The minimum absolute atomic E-state index is 0.138. The van der Waals surface area contributed by atoms with Crippen LogP contribution < -0.4 is 4.74 Å². The topological polar surface area (TPSA) is 90.8 Å². The molecule has 0 N–H and O–H groups in total. The van der Waals surface area contributed by atoms with E-state index in [1.54, 1.807) is 20.8 Å². The van der Waals surface area contributed by atoms with Gasteiger partial charge in [-0.25, -0.2) is 23.5 Å². The third kappa shape index (κ3) is 7.32.